The molecule has 0 radical (unpaired) electrons. The second-order valence-corrected chi connectivity index (χ2v) is 4.25. The molecule has 1 fully saturated rings. The Morgan fingerprint density at radius 3 is 2.35 bits per heavy atom. The Morgan fingerprint density at radius 2 is 1.88 bits per heavy atom. The minimum absolute atomic E-state index is 0.353. The van der Waals surface area contributed by atoms with Crippen LogP contribution in [0.15, 0.2) is 23.8 Å². The summed E-state index contributed by atoms with van der Waals surface area (Å²) in [7, 11) is 2.16. The third-order valence-electron chi connectivity index (χ3n) is 3.03. The predicted octanol–water partition coefficient (Wildman–Crippen LogP) is 4.22. The molecule has 1 nitrogen and oxygen atoms in total. The topological polar surface area (TPSA) is 3.24 Å². The normalized spacial score (nSPS) is 19.2. The number of halogens is 1. The van der Waals surface area contributed by atoms with Crippen molar-refractivity contribution in [3.05, 3.63) is 23.8 Å². The molecule has 0 amide bonds. The minimum Gasteiger partial charge on any atom is -0.306 e. The fourth-order valence-electron chi connectivity index (χ4n) is 2.13. The van der Waals surface area contributed by atoms with Gasteiger partial charge in [0.15, 0.2) is 0 Å². The fourth-order valence-corrected chi connectivity index (χ4v) is 2.13. The summed E-state index contributed by atoms with van der Waals surface area (Å²) in [4.78, 5) is 2.36. The predicted molar refractivity (Wildman–Crippen MR) is 75.1 cm³/mol. The summed E-state index contributed by atoms with van der Waals surface area (Å²) in [6.45, 7) is 8.11. The third-order valence-corrected chi connectivity index (χ3v) is 3.03. The monoisotopic (exact) mass is 241 g/mol. The fraction of sp³-hybridized carbons (Fsp3) is 0.733. The molecule has 1 saturated heterocycles. The van der Waals surface area contributed by atoms with Gasteiger partial charge in [-0.2, -0.15) is 0 Å². The number of rotatable bonds is 4. The van der Waals surface area contributed by atoms with E-state index in [-0.39, 0.29) is 6.67 Å². The Morgan fingerprint density at radius 1 is 1.29 bits per heavy atom. The SMILES string of the molecule is CC.CC/C=C(\C=C/CF)C1CCN(C)CC1. The molecule has 0 unspecified atom stereocenters. The number of alkyl halides is 1. The van der Waals surface area contributed by atoms with Crippen LogP contribution in [0.5, 0.6) is 0 Å². The maximum Gasteiger partial charge on any atom is 0.108 e. The van der Waals surface area contributed by atoms with Crippen molar-refractivity contribution in [2.45, 2.75) is 40.0 Å². The number of piperidine rings is 1. The van der Waals surface area contributed by atoms with E-state index in [0.717, 1.165) is 19.5 Å². The Bertz CT molecular complexity index is 225. The van der Waals surface area contributed by atoms with E-state index in [1.807, 2.05) is 19.9 Å². The van der Waals surface area contributed by atoms with E-state index in [4.69, 9.17) is 0 Å². The summed E-state index contributed by atoms with van der Waals surface area (Å²) < 4.78 is 12.1. The third kappa shape index (κ3) is 6.62. The number of nitrogens with zero attached hydrogens (tertiary/aromatic N) is 1. The van der Waals surface area contributed by atoms with E-state index in [1.165, 1.54) is 18.4 Å². The maximum atomic E-state index is 12.1. The van der Waals surface area contributed by atoms with Gasteiger partial charge in [0.2, 0.25) is 0 Å². The zero-order valence-electron chi connectivity index (χ0n) is 11.9. The number of hydrogen-bond donors (Lipinski definition) is 0. The van der Waals surface area contributed by atoms with Crippen LogP contribution in [0.1, 0.15) is 40.0 Å². The highest BCUT2D eigenvalue weighted by Crippen LogP contribution is 2.25. The van der Waals surface area contributed by atoms with Gasteiger partial charge >= 0.3 is 0 Å². The molecule has 0 aromatic heterocycles. The number of hydrogen-bond acceptors (Lipinski definition) is 1. The average Bonchev–Trinajstić information content (AvgIpc) is 2.38. The van der Waals surface area contributed by atoms with Crippen LogP contribution in [0.3, 0.4) is 0 Å². The first-order valence-corrected chi connectivity index (χ1v) is 6.89. The molecule has 0 saturated carbocycles. The van der Waals surface area contributed by atoms with Gasteiger partial charge in [0.05, 0.1) is 0 Å². The zero-order valence-corrected chi connectivity index (χ0v) is 11.9. The van der Waals surface area contributed by atoms with Crippen molar-refractivity contribution < 1.29 is 4.39 Å². The molecule has 0 aromatic carbocycles. The van der Waals surface area contributed by atoms with Gasteiger partial charge in [-0.3, -0.25) is 0 Å². The van der Waals surface area contributed by atoms with E-state index in [2.05, 4.69) is 24.9 Å². The number of allylic oxidation sites excluding steroid dienone is 4. The molecule has 17 heavy (non-hydrogen) atoms. The molecule has 1 aliphatic rings. The van der Waals surface area contributed by atoms with Gasteiger partial charge in [-0.05, 0) is 50.9 Å². The van der Waals surface area contributed by atoms with Crippen LogP contribution in [0.25, 0.3) is 0 Å². The maximum absolute atomic E-state index is 12.1. The zero-order chi connectivity index (χ0) is 13.1. The second-order valence-electron chi connectivity index (χ2n) is 4.25. The molecule has 0 bridgehead atoms. The Labute approximate surface area is 106 Å². The van der Waals surface area contributed by atoms with Gasteiger partial charge < -0.3 is 4.90 Å². The van der Waals surface area contributed by atoms with Gasteiger partial charge in [0, 0.05) is 0 Å². The van der Waals surface area contributed by atoms with Gasteiger partial charge in [-0.15, -0.1) is 0 Å². The highest BCUT2D eigenvalue weighted by Gasteiger charge is 2.18. The molecule has 1 aliphatic heterocycles. The van der Waals surface area contributed by atoms with Gasteiger partial charge in [-0.1, -0.05) is 39.0 Å². The van der Waals surface area contributed by atoms with E-state index in [9.17, 15) is 4.39 Å². The van der Waals surface area contributed by atoms with Crippen LogP contribution in [0, 0.1) is 5.92 Å². The summed E-state index contributed by atoms with van der Waals surface area (Å²) in [6, 6.07) is 0. The highest BCUT2D eigenvalue weighted by atomic mass is 19.1. The van der Waals surface area contributed by atoms with Crippen molar-refractivity contribution in [3.63, 3.8) is 0 Å². The van der Waals surface area contributed by atoms with Crippen molar-refractivity contribution in [2.24, 2.45) is 5.92 Å². The molecule has 0 N–H and O–H groups in total. The van der Waals surface area contributed by atoms with Crippen LogP contribution < -0.4 is 0 Å². The van der Waals surface area contributed by atoms with Gasteiger partial charge in [0.25, 0.3) is 0 Å². The van der Waals surface area contributed by atoms with Gasteiger partial charge in [0.1, 0.15) is 6.67 Å². The quantitative estimate of drug-likeness (QED) is 0.666. The molecule has 1 rings (SSSR count). The molecular weight excluding hydrogens is 213 g/mol. The summed E-state index contributed by atoms with van der Waals surface area (Å²) >= 11 is 0. The van der Waals surface area contributed by atoms with Crippen molar-refractivity contribution in [1.29, 1.82) is 0 Å². The second kappa shape index (κ2) is 10.5. The Hall–Kier alpha value is -0.630. The molecule has 2 heteroatoms. The Kier molecular flexibility index (Phi) is 10.1. The van der Waals surface area contributed by atoms with Gasteiger partial charge in [-0.25, -0.2) is 4.39 Å². The van der Waals surface area contributed by atoms with E-state index < -0.39 is 0 Å². The van der Waals surface area contributed by atoms with Crippen molar-refractivity contribution in [3.8, 4) is 0 Å². The molecule has 0 aliphatic carbocycles. The van der Waals surface area contributed by atoms with E-state index in [0.29, 0.717) is 5.92 Å². The molecule has 0 aromatic rings. The van der Waals surface area contributed by atoms with E-state index >= 15 is 0 Å². The van der Waals surface area contributed by atoms with Crippen LogP contribution in [0.4, 0.5) is 4.39 Å². The standard InChI is InChI=1S/C13H22FN.C2H6/c1-3-5-12(6-4-9-14)13-7-10-15(2)11-8-13;1-2/h4-6,13H,3,7-11H2,1-2H3;1-2H3/b6-4-,12-5+;. The molecule has 0 spiro atoms. The first kappa shape index (κ1) is 16.4. The molecule has 0 atom stereocenters. The highest BCUT2D eigenvalue weighted by molar-refractivity contribution is 5.22. The lowest BCUT2D eigenvalue weighted by atomic mass is 9.88. The summed E-state index contributed by atoms with van der Waals surface area (Å²) in [6.07, 6.45) is 9.29. The first-order chi connectivity index (χ1) is 8.27. The van der Waals surface area contributed by atoms with Crippen molar-refractivity contribution in [2.75, 3.05) is 26.8 Å². The van der Waals surface area contributed by atoms with Crippen molar-refractivity contribution in [1.82, 2.24) is 4.90 Å². The summed E-state index contributed by atoms with van der Waals surface area (Å²) in [5.41, 5.74) is 1.34. The molecule has 1 heterocycles. The van der Waals surface area contributed by atoms with Crippen LogP contribution in [-0.2, 0) is 0 Å². The molecular formula is C15H28FN. The summed E-state index contributed by atoms with van der Waals surface area (Å²) in [5.74, 6) is 0.643. The number of likely N-dealkylation sites (tertiary alicyclic amines) is 1. The van der Waals surface area contributed by atoms with E-state index in [1.54, 1.807) is 6.08 Å². The largest absolute Gasteiger partial charge is 0.306 e. The average molecular weight is 241 g/mol. The summed E-state index contributed by atoms with van der Waals surface area (Å²) in [5, 5.41) is 0. The lowest BCUT2D eigenvalue weighted by molar-refractivity contribution is 0.239. The van der Waals surface area contributed by atoms with Crippen LogP contribution in [-0.4, -0.2) is 31.7 Å². The Balaban J connectivity index is 0.00000121. The first-order valence-electron chi connectivity index (χ1n) is 6.89. The van der Waals surface area contributed by atoms with Crippen molar-refractivity contribution >= 4 is 0 Å². The lowest BCUT2D eigenvalue weighted by Gasteiger charge is -2.29. The lowest BCUT2D eigenvalue weighted by Crippen LogP contribution is -2.30. The van der Waals surface area contributed by atoms with Crippen LogP contribution >= 0.6 is 0 Å². The minimum atomic E-state index is -0.353. The molecule has 100 valence electrons. The van der Waals surface area contributed by atoms with Crippen LogP contribution in [0.2, 0.25) is 0 Å². The smallest absolute Gasteiger partial charge is 0.108 e.